The van der Waals surface area contributed by atoms with Crippen molar-refractivity contribution in [2.45, 2.75) is 6.92 Å². The summed E-state index contributed by atoms with van der Waals surface area (Å²) < 4.78 is 7.01. The Morgan fingerprint density at radius 2 is 2.13 bits per heavy atom. The Kier molecular flexibility index (Phi) is 6.01. The van der Waals surface area contributed by atoms with E-state index in [1.165, 1.54) is 6.08 Å². The first-order valence-electron chi connectivity index (χ1n) is 9.60. The minimum atomic E-state index is -0.567. The van der Waals surface area contributed by atoms with Gasteiger partial charge in [-0.3, -0.25) is 10.1 Å². The molecule has 1 aliphatic heterocycles. The van der Waals surface area contributed by atoms with Gasteiger partial charge in [0.1, 0.15) is 17.3 Å². The number of imide groups is 1. The molecule has 1 aliphatic rings. The van der Waals surface area contributed by atoms with Crippen LogP contribution >= 0.6 is 11.6 Å². The number of benzene rings is 1. The van der Waals surface area contributed by atoms with E-state index in [2.05, 4.69) is 31.3 Å². The lowest BCUT2D eigenvalue weighted by molar-refractivity contribution is -0.115. The lowest BCUT2D eigenvalue weighted by Crippen LogP contribution is -2.22. The van der Waals surface area contributed by atoms with Crippen molar-refractivity contribution in [1.29, 1.82) is 0 Å². The molecule has 0 bridgehead atoms. The Morgan fingerprint density at radius 1 is 1.26 bits per heavy atom. The number of aromatic nitrogens is 3. The van der Waals surface area contributed by atoms with Gasteiger partial charge in [-0.2, -0.15) is 9.61 Å². The average molecular weight is 442 g/mol. The fraction of sp³-hybridized carbons (Fsp3) is 0.200. The number of anilines is 3. The smallest absolute Gasteiger partial charge is 0.326 e. The first kappa shape index (κ1) is 20.6. The summed E-state index contributed by atoms with van der Waals surface area (Å²) >= 11 is 6.08. The average Bonchev–Trinajstić information content (AvgIpc) is 3.28. The fourth-order valence-electron chi connectivity index (χ4n) is 3.02. The lowest BCUT2D eigenvalue weighted by Gasteiger charge is -2.12. The molecule has 10 nitrogen and oxygen atoms in total. The molecule has 160 valence electrons. The van der Waals surface area contributed by atoms with Crippen LogP contribution in [0.15, 0.2) is 42.2 Å². The zero-order valence-electron chi connectivity index (χ0n) is 16.6. The molecule has 1 saturated heterocycles. The highest BCUT2D eigenvalue weighted by Gasteiger charge is 2.23. The van der Waals surface area contributed by atoms with Gasteiger partial charge in [0.2, 0.25) is 0 Å². The third-order valence-corrected chi connectivity index (χ3v) is 4.61. The van der Waals surface area contributed by atoms with Crippen molar-refractivity contribution in [1.82, 2.24) is 25.2 Å². The monoisotopic (exact) mass is 441 g/mol. The van der Waals surface area contributed by atoms with E-state index in [9.17, 15) is 9.59 Å². The Balaban J connectivity index is 1.72. The highest BCUT2D eigenvalue weighted by atomic mass is 35.5. The summed E-state index contributed by atoms with van der Waals surface area (Å²) in [6.45, 7) is 3.66. The molecular weight excluding hydrogens is 422 g/mol. The van der Waals surface area contributed by atoms with Crippen LogP contribution in [-0.2, 0) is 9.53 Å². The zero-order chi connectivity index (χ0) is 21.8. The topological polar surface area (TPSA) is 122 Å². The first-order chi connectivity index (χ1) is 15.0. The third-order valence-electron chi connectivity index (χ3n) is 4.37. The Hall–Kier alpha value is -3.63. The fourth-order valence-corrected chi connectivity index (χ4v) is 3.21. The van der Waals surface area contributed by atoms with E-state index < -0.39 is 11.9 Å². The summed E-state index contributed by atoms with van der Waals surface area (Å²) in [6.07, 6.45) is 3.10. The van der Waals surface area contributed by atoms with Crippen LogP contribution in [0.3, 0.4) is 0 Å². The quantitative estimate of drug-likeness (QED) is 0.241. The summed E-state index contributed by atoms with van der Waals surface area (Å²) in [7, 11) is 0. The zero-order valence-corrected chi connectivity index (χ0v) is 17.4. The van der Waals surface area contributed by atoms with Crippen molar-refractivity contribution in [2.24, 2.45) is 0 Å². The summed E-state index contributed by atoms with van der Waals surface area (Å²) in [5.74, 6) is 0.722. The van der Waals surface area contributed by atoms with Crippen LogP contribution in [0.4, 0.5) is 22.1 Å². The molecular formula is C20H20ClN7O3. The van der Waals surface area contributed by atoms with E-state index in [0.29, 0.717) is 47.6 Å². The number of urea groups is 1. The standard InChI is InChI=1S/C20H20ClN7O3/c1-2-31-7-6-22-17-10-16(24-14-5-3-4-13(21)9-14)26-18-12(11-23-28(17)18)8-15-19(29)27-20(30)25-15/h3-5,8-11,22H,2,6-7H2,1H3,(H,24,26)(H2,25,27,29,30)/b15-8-. The molecule has 0 atom stereocenters. The summed E-state index contributed by atoms with van der Waals surface area (Å²) in [5, 5.41) is 16.1. The lowest BCUT2D eigenvalue weighted by atomic mass is 10.2. The number of hydrogen-bond donors (Lipinski definition) is 4. The van der Waals surface area contributed by atoms with E-state index in [4.69, 9.17) is 16.3 Å². The van der Waals surface area contributed by atoms with E-state index in [0.717, 1.165) is 5.69 Å². The number of hydrogen-bond acceptors (Lipinski definition) is 7. The Morgan fingerprint density at radius 3 is 2.87 bits per heavy atom. The molecule has 0 saturated carbocycles. The molecule has 3 amide bonds. The highest BCUT2D eigenvalue weighted by Crippen LogP contribution is 2.24. The molecule has 2 aromatic heterocycles. The predicted molar refractivity (Wildman–Crippen MR) is 117 cm³/mol. The molecule has 0 spiro atoms. The molecule has 3 heterocycles. The molecule has 0 aliphatic carbocycles. The molecule has 3 aromatic rings. The second-order valence-corrected chi connectivity index (χ2v) is 7.02. The Bertz CT molecular complexity index is 1170. The van der Waals surface area contributed by atoms with E-state index >= 15 is 0 Å². The normalized spacial score (nSPS) is 14.7. The van der Waals surface area contributed by atoms with Crippen LogP contribution in [0, 0.1) is 0 Å². The summed E-state index contributed by atoms with van der Waals surface area (Å²) in [5.41, 5.74) is 1.95. The summed E-state index contributed by atoms with van der Waals surface area (Å²) in [6, 6.07) is 8.52. The minimum Gasteiger partial charge on any atom is -0.380 e. The van der Waals surface area contributed by atoms with Gasteiger partial charge in [0.15, 0.2) is 5.65 Å². The van der Waals surface area contributed by atoms with Gasteiger partial charge in [0.05, 0.1) is 12.8 Å². The minimum absolute atomic E-state index is 0.126. The number of nitrogens with zero attached hydrogens (tertiary/aromatic N) is 3. The van der Waals surface area contributed by atoms with Gasteiger partial charge >= 0.3 is 6.03 Å². The van der Waals surface area contributed by atoms with Crippen molar-refractivity contribution < 1.29 is 14.3 Å². The van der Waals surface area contributed by atoms with Crippen molar-refractivity contribution >= 4 is 52.6 Å². The van der Waals surface area contributed by atoms with Gasteiger partial charge in [0, 0.05) is 35.5 Å². The SMILES string of the molecule is CCOCCNc1cc(Nc2cccc(Cl)c2)nc2c(/C=C3\NC(=O)NC3=O)cnn12. The van der Waals surface area contributed by atoms with Gasteiger partial charge in [0.25, 0.3) is 5.91 Å². The van der Waals surface area contributed by atoms with E-state index in [1.54, 1.807) is 22.8 Å². The maximum atomic E-state index is 11.9. The van der Waals surface area contributed by atoms with Crippen molar-refractivity contribution in [3.05, 3.63) is 52.8 Å². The number of rotatable bonds is 8. The largest absolute Gasteiger partial charge is 0.380 e. The van der Waals surface area contributed by atoms with E-state index in [-0.39, 0.29) is 5.70 Å². The van der Waals surface area contributed by atoms with Crippen LogP contribution in [0.1, 0.15) is 12.5 Å². The number of carbonyl (C=O) groups excluding carboxylic acids is 2. The maximum absolute atomic E-state index is 11.9. The van der Waals surface area contributed by atoms with Gasteiger partial charge in [-0.05, 0) is 31.2 Å². The van der Waals surface area contributed by atoms with Crippen LogP contribution in [0.25, 0.3) is 11.7 Å². The van der Waals surface area contributed by atoms with Crippen LogP contribution in [0.2, 0.25) is 5.02 Å². The number of ether oxygens (including phenoxy) is 1. The summed E-state index contributed by atoms with van der Waals surface area (Å²) in [4.78, 5) is 27.9. The number of carbonyl (C=O) groups is 2. The van der Waals surface area contributed by atoms with Gasteiger partial charge < -0.3 is 20.7 Å². The molecule has 0 unspecified atom stereocenters. The van der Waals surface area contributed by atoms with Crippen LogP contribution in [0.5, 0.6) is 0 Å². The van der Waals surface area contributed by atoms with Gasteiger partial charge in [-0.15, -0.1) is 0 Å². The van der Waals surface area contributed by atoms with Crippen molar-refractivity contribution in [3.8, 4) is 0 Å². The predicted octanol–water partition coefficient (Wildman–Crippen LogP) is 2.75. The second-order valence-electron chi connectivity index (χ2n) is 6.59. The molecule has 31 heavy (non-hydrogen) atoms. The molecule has 1 aromatic carbocycles. The number of amides is 3. The molecule has 0 radical (unpaired) electrons. The number of nitrogens with one attached hydrogen (secondary N) is 4. The third kappa shape index (κ3) is 4.76. The van der Waals surface area contributed by atoms with Gasteiger partial charge in [-0.25, -0.2) is 9.78 Å². The molecule has 1 fully saturated rings. The maximum Gasteiger partial charge on any atom is 0.326 e. The van der Waals surface area contributed by atoms with Crippen molar-refractivity contribution in [3.63, 3.8) is 0 Å². The highest BCUT2D eigenvalue weighted by molar-refractivity contribution is 6.30. The molecule has 11 heteroatoms. The molecule has 4 N–H and O–H groups in total. The van der Waals surface area contributed by atoms with Crippen LogP contribution < -0.4 is 21.3 Å². The van der Waals surface area contributed by atoms with Crippen molar-refractivity contribution in [2.75, 3.05) is 30.4 Å². The Labute approximate surface area is 182 Å². The van der Waals surface area contributed by atoms with Crippen LogP contribution in [-0.4, -0.2) is 46.3 Å². The van der Waals surface area contributed by atoms with Gasteiger partial charge in [-0.1, -0.05) is 17.7 Å². The number of fused-ring (bicyclic) bond motifs is 1. The second kappa shape index (κ2) is 9.02. The van der Waals surface area contributed by atoms with E-state index in [1.807, 2.05) is 25.1 Å². The first-order valence-corrected chi connectivity index (χ1v) is 9.98. The number of halogens is 1. The molecule has 4 rings (SSSR count).